The van der Waals surface area contributed by atoms with Crippen molar-refractivity contribution in [3.05, 3.63) is 39.3 Å². The van der Waals surface area contributed by atoms with Gasteiger partial charge in [-0.15, -0.1) is 11.3 Å². The number of thiazole rings is 1. The maximum Gasteiger partial charge on any atom is 0.357 e. The SMILES string of the molecule is COC(=O)c1nc(N(C)CCOc2ccc(Br)cc2)sc1C. The molecule has 0 aliphatic heterocycles. The van der Waals surface area contributed by atoms with Gasteiger partial charge in [0.25, 0.3) is 0 Å². The Morgan fingerprint density at radius 3 is 2.68 bits per heavy atom. The van der Waals surface area contributed by atoms with Crippen molar-refractivity contribution in [3.8, 4) is 5.75 Å². The molecule has 0 amide bonds. The van der Waals surface area contributed by atoms with E-state index in [0.29, 0.717) is 18.8 Å². The molecular formula is C15H17BrN2O3S. The lowest BCUT2D eigenvalue weighted by Gasteiger charge is -2.16. The van der Waals surface area contributed by atoms with E-state index < -0.39 is 5.97 Å². The molecule has 7 heteroatoms. The molecule has 0 unspecified atom stereocenters. The van der Waals surface area contributed by atoms with Gasteiger partial charge in [0.1, 0.15) is 12.4 Å². The van der Waals surface area contributed by atoms with Gasteiger partial charge in [0.15, 0.2) is 10.8 Å². The number of rotatable bonds is 6. The van der Waals surface area contributed by atoms with Gasteiger partial charge >= 0.3 is 5.97 Å². The predicted octanol–water partition coefficient (Wildman–Crippen LogP) is 3.52. The third-order valence-corrected chi connectivity index (χ3v) is 4.61. The summed E-state index contributed by atoms with van der Waals surface area (Å²) in [4.78, 5) is 18.7. The van der Waals surface area contributed by atoms with Gasteiger partial charge in [-0.1, -0.05) is 15.9 Å². The zero-order valence-electron chi connectivity index (χ0n) is 12.6. The number of likely N-dealkylation sites (N-methyl/N-ethyl adjacent to an activating group) is 1. The zero-order valence-corrected chi connectivity index (χ0v) is 15.0. The summed E-state index contributed by atoms with van der Waals surface area (Å²) in [6.45, 7) is 3.06. The lowest BCUT2D eigenvalue weighted by atomic mass is 10.3. The Labute approximate surface area is 142 Å². The summed E-state index contributed by atoms with van der Waals surface area (Å²) in [5.41, 5.74) is 0.378. The van der Waals surface area contributed by atoms with Crippen LogP contribution in [-0.4, -0.2) is 38.3 Å². The van der Waals surface area contributed by atoms with Crippen molar-refractivity contribution in [1.82, 2.24) is 4.98 Å². The quantitative estimate of drug-likeness (QED) is 0.713. The van der Waals surface area contributed by atoms with Gasteiger partial charge < -0.3 is 14.4 Å². The summed E-state index contributed by atoms with van der Waals surface area (Å²) in [6.07, 6.45) is 0. The number of hydrogen-bond donors (Lipinski definition) is 0. The van der Waals surface area contributed by atoms with E-state index in [0.717, 1.165) is 20.2 Å². The molecule has 0 atom stereocenters. The van der Waals surface area contributed by atoms with E-state index in [1.165, 1.54) is 18.4 Å². The van der Waals surface area contributed by atoms with Crippen LogP contribution in [0.1, 0.15) is 15.4 Å². The molecule has 0 radical (unpaired) electrons. The normalized spacial score (nSPS) is 10.4. The van der Waals surface area contributed by atoms with Crippen molar-refractivity contribution in [1.29, 1.82) is 0 Å². The Morgan fingerprint density at radius 2 is 2.05 bits per heavy atom. The number of aromatic nitrogens is 1. The zero-order chi connectivity index (χ0) is 16.1. The molecule has 0 saturated carbocycles. The summed E-state index contributed by atoms with van der Waals surface area (Å²) >= 11 is 4.85. The van der Waals surface area contributed by atoms with Crippen LogP contribution in [0.2, 0.25) is 0 Å². The van der Waals surface area contributed by atoms with Crippen LogP contribution in [0.15, 0.2) is 28.7 Å². The van der Waals surface area contributed by atoms with E-state index in [9.17, 15) is 4.79 Å². The van der Waals surface area contributed by atoms with Crippen molar-refractivity contribution in [2.24, 2.45) is 0 Å². The number of esters is 1. The minimum absolute atomic E-state index is 0.378. The molecule has 2 rings (SSSR count). The topological polar surface area (TPSA) is 51.7 Å². The monoisotopic (exact) mass is 384 g/mol. The average molecular weight is 385 g/mol. The smallest absolute Gasteiger partial charge is 0.357 e. The van der Waals surface area contributed by atoms with E-state index in [1.54, 1.807) is 0 Å². The fraction of sp³-hybridized carbons (Fsp3) is 0.333. The van der Waals surface area contributed by atoms with Gasteiger partial charge in [0.2, 0.25) is 0 Å². The van der Waals surface area contributed by atoms with Crippen LogP contribution in [0.5, 0.6) is 5.75 Å². The maximum absolute atomic E-state index is 11.6. The van der Waals surface area contributed by atoms with Crippen molar-refractivity contribution >= 4 is 38.4 Å². The second-order valence-electron chi connectivity index (χ2n) is 4.62. The minimum Gasteiger partial charge on any atom is -0.492 e. The maximum atomic E-state index is 11.6. The first-order valence-electron chi connectivity index (χ1n) is 6.66. The van der Waals surface area contributed by atoms with E-state index >= 15 is 0 Å². The van der Waals surface area contributed by atoms with Crippen molar-refractivity contribution in [2.45, 2.75) is 6.92 Å². The van der Waals surface area contributed by atoms with Gasteiger partial charge in [-0.2, -0.15) is 0 Å². The Hall–Kier alpha value is -1.60. The standard InChI is InChI=1S/C15H17BrN2O3S/c1-10-13(14(19)20-3)17-15(22-10)18(2)8-9-21-12-6-4-11(16)5-7-12/h4-7H,8-9H2,1-3H3. The highest BCUT2D eigenvalue weighted by atomic mass is 79.9. The molecular weight excluding hydrogens is 368 g/mol. The highest BCUT2D eigenvalue weighted by Gasteiger charge is 2.17. The number of anilines is 1. The van der Waals surface area contributed by atoms with E-state index in [4.69, 9.17) is 9.47 Å². The number of aryl methyl sites for hydroxylation is 1. The van der Waals surface area contributed by atoms with E-state index in [1.807, 2.05) is 43.1 Å². The number of hydrogen-bond acceptors (Lipinski definition) is 6. The minimum atomic E-state index is -0.403. The number of benzene rings is 1. The van der Waals surface area contributed by atoms with Gasteiger partial charge in [0.05, 0.1) is 13.7 Å². The molecule has 22 heavy (non-hydrogen) atoms. The van der Waals surface area contributed by atoms with Crippen molar-refractivity contribution in [2.75, 3.05) is 32.2 Å². The number of ether oxygens (including phenoxy) is 2. The first kappa shape index (κ1) is 16.8. The Kier molecular flexibility index (Phi) is 5.79. The lowest BCUT2D eigenvalue weighted by molar-refractivity contribution is 0.0594. The largest absolute Gasteiger partial charge is 0.492 e. The number of carbonyl (C=O) groups is 1. The summed E-state index contributed by atoms with van der Waals surface area (Å²) in [5.74, 6) is 0.418. The molecule has 1 aromatic heterocycles. The summed E-state index contributed by atoms with van der Waals surface area (Å²) in [7, 11) is 3.28. The van der Waals surface area contributed by atoms with Gasteiger partial charge in [-0.05, 0) is 31.2 Å². The van der Waals surface area contributed by atoms with Crippen molar-refractivity contribution in [3.63, 3.8) is 0 Å². The second kappa shape index (κ2) is 7.60. The van der Waals surface area contributed by atoms with Crippen LogP contribution in [0.4, 0.5) is 5.13 Å². The molecule has 0 aliphatic carbocycles. The number of carbonyl (C=O) groups excluding carboxylic acids is 1. The Balaban J connectivity index is 1.90. The molecule has 0 aliphatic rings. The third-order valence-electron chi connectivity index (χ3n) is 3.00. The van der Waals surface area contributed by atoms with Crippen LogP contribution in [0.25, 0.3) is 0 Å². The van der Waals surface area contributed by atoms with Crippen LogP contribution < -0.4 is 9.64 Å². The second-order valence-corrected chi connectivity index (χ2v) is 6.71. The average Bonchev–Trinajstić information content (AvgIpc) is 2.90. The van der Waals surface area contributed by atoms with Crippen LogP contribution in [0.3, 0.4) is 0 Å². The molecule has 0 N–H and O–H groups in total. The van der Waals surface area contributed by atoms with Crippen molar-refractivity contribution < 1.29 is 14.3 Å². The highest BCUT2D eigenvalue weighted by molar-refractivity contribution is 9.10. The molecule has 0 bridgehead atoms. The first-order chi connectivity index (χ1) is 10.5. The number of nitrogens with zero attached hydrogens (tertiary/aromatic N) is 2. The Bertz CT molecular complexity index is 643. The molecule has 1 aromatic carbocycles. The van der Waals surface area contributed by atoms with Gasteiger partial charge in [-0.25, -0.2) is 9.78 Å². The predicted molar refractivity (Wildman–Crippen MR) is 91.1 cm³/mol. The van der Waals surface area contributed by atoms with E-state index in [2.05, 4.69) is 20.9 Å². The molecule has 5 nitrogen and oxygen atoms in total. The lowest BCUT2D eigenvalue weighted by Crippen LogP contribution is -2.23. The highest BCUT2D eigenvalue weighted by Crippen LogP contribution is 2.25. The first-order valence-corrected chi connectivity index (χ1v) is 8.27. The molecule has 0 saturated heterocycles. The molecule has 0 spiro atoms. The van der Waals surface area contributed by atoms with Crippen LogP contribution in [0, 0.1) is 6.92 Å². The number of halogens is 1. The van der Waals surface area contributed by atoms with Crippen LogP contribution >= 0.6 is 27.3 Å². The summed E-state index contributed by atoms with van der Waals surface area (Å²) in [5, 5.41) is 0.775. The molecule has 2 aromatic rings. The molecule has 118 valence electrons. The summed E-state index contributed by atoms with van der Waals surface area (Å²) < 4.78 is 11.4. The third kappa shape index (κ3) is 4.20. The fourth-order valence-electron chi connectivity index (χ4n) is 1.76. The summed E-state index contributed by atoms with van der Waals surface area (Å²) in [6, 6.07) is 7.69. The molecule has 1 heterocycles. The van der Waals surface area contributed by atoms with Gasteiger partial charge in [-0.3, -0.25) is 0 Å². The van der Waals surface area contributed by atoms with Gasteiger partial charge in [0, 0.05) is 16.4 Å². The molecule has 0 fully saturated rings. The fourth-order valence-corrected chi connectivity index (χ4v) is 2.91. The number of methoxy groups -OCH3 is 1. The van der Waals surface area contributed by atoms with E-state index in [-0.39, 0.29) is 0 Å². The van der Waals surface area contributed by atoms with Crippen LogP contribution in [-0.2, 0) is 4.74 Å². The Morgan fingerprint density at radius 1 is 1.36 bits per heavy atom.